The molecule has 1 aliphatic heterocycles. The lowest BCUT2D eigenvalue weighted by Gasteiger charge is -2.27. The Balaban J connectivity index is 1.52. The molecule has 6 heteroatoms. The van der Waals surface area contributed by atoms with E-state index in [1.165, 1.54) is 12.1 Å². The molecule has 0 atom stereocenters. The van der Waals surface area contributed by atoms with Crippen molar-refractivity contribution >= 4 is 23.2 Å². The Bertz CT molecular complexity index is 763. The van der Waals surface area contributed by atoms with Crippen LogP contribution in [0.15, 0.2) is 42.5 Å². The van der Waals surface area contributed by atoms with E-state index in [-0.39, 0.29) is 18.1 Å². The first-order chi connectivity index (χ1) is 12.6. The second-order valence-corrected chi connectivity index (χ2v) is 6.78. The van der Waals surface area contributed by atoms with Crippen molar-refractivity contribution < 1.29 is 13.9 Å². The molecule has 0 aliphatic carbocycles. The van der Waals surface area contributed by atoms with Crippen LogP contribution in [-0.2, 0) is 22.5 Å². The summed E-state index contributed by atoms with van der Waals surface area (Å²) < 4.78 is 18.5. The fraction of sp³-hybridized carbons (Fsp3) is 0.350. The van der Waals surface area contributed by atoms with Gasteiger partial charge in [-0.2, -0.15) is 0 Å². The van der Waals surface area contributed by atoms with Crippen LogP contribution in [0, 0.1) is 5.82 Å². The predicted molar refractivity (Wildman–Crippen MR) is 101 cm³/mol. The summed E-state index contributed by atoms with van der Waals surface area (Å²) in [6.07, 6.45) is 0.781. The Morgan fingerprint density at radius 2 is 2.00 bits per heavy atom. The van der Waals surface area contributed by atoms with Gasteiger partial charge in [0, 0.05) is 36.8 Å². The molecular weight excluding hydrogens is 355 g/mol. The normalized spacial score (nSPS) is 15.0. The molecule has 2 aromatic carbocycles. The van der Waals surface area contributed by atoms with Crippen LogP contribution in [0.1, 0.15) is 17.5 Å². The molecule has 1 fully saturated rings. The van der Waals surface area contributed by atoms with E-state index in [1.54, 1.807) is 12.1 Å². The molecule has 0 spiro atoms. The summed E-state index contributed by atoms with van der Waals surface area (Å²) in [4.78, 5) is 14.4. The van der Waals surface area contributed by atoms with E-state index in [0.717, 1.165) is 44.0 Å². The van der Waals surface area contributed by atoms with Crippen LogP contribution in [0.25, 0.3) is 0 Å². The fourth-order valence-electron chi connectivity index (χ4n) is 2.93. The first-order valence-corrected chi connectivity index (χ1v) is 9.11. The van der Waals surface area contributed by atoms with Gasteiger partial charge in [0.05, 0.1) is 13.2 Å². The third kappa shape index (κ3) is 5.53. The number of anilines is 1. The molecule has 4 nitrogen and oxygen atoms in total. The summed E-state index contributed by atoms with van der Waals surface area (Å²) in [5.41, 5.74) is 2.51. The van der Waals surface area contributed by atoms with Crippen LogP contribution in [0.2, 0.25) is 5.02 Å². The van der Waals surface area contributed by atoms with Crippen molar-refractivity contribution in [1.82, 2.24) is 4.90 Å². The number of hydrogen-bond donors (Lipinski definition) is 1. The van der Waals surface area contributed by atoms with Crippen molar-refractivity contribution in [2.24, 2.45) is 0 Å². The van der Waals surface area contributed by atoms with Crippen molar-refractivity contribution in [2.45, 2.75) is 19.4 Å². The van der Waals surface area contributed by atoms with Crippen LogP contribution < -0.4 is 5.32 Å². The van der Waals surface area contributed by atoms with E-state index in [1.807, 2.05) is 18.2 Å². The lowest BCUT2D eigenvalue weighted by Crippen LogP contribution is -2.35. The lowest BCUT2D eigenvalue weighted by molar-refractivity contribution is -0.116. The monoisotopic (exact) mass is 376 g/mol. The summed E-state index contributed by atoms with van der Waals surface area (Å²) in [7, 11) is 0. The van der Waals surface area contributed by atoms with Crippen LogP contribution in [-0.4, -0.2) is 37.1 Å². The van der Waals surface area contributed by atoms with Crippen molar-refractivity contribution in [3.05, 3.63) is 64.4 Å². The second-order valence-electron chi connectivity index (χ2n) is 6.37. The van der Waals surface area contributed by atoms with Gasteiger partial charge in [0.25, 0.3) is 0 Å². The minimum absolute atomic E-state index is 0.119. The molecule has 1 heterocycles. The number of amides is 1. The van der Waals surface area contributed by atoms with E-state index >= 15 is 0 Å². The lowest BCUT2D eigenvalue weighted by atomic mass is 10.1. The van der Waals surface area contributed by atoms with Crippen LogP contribution in [0.4, 0.5) is 10.1 Å². The van der Waals surface area contributed by atoms with Gasteiger partial charge in [-0.15, -0.1) is 0 Å². The van der Waals surface area contributed by atoms with E-state index in [2.05, 4.69) is 10.2 Å². The summed E-state index contributed by atoms with van der Waals surface area (Å²) >= 11 is 6.37. The van der Waals surface area contributed by atoms with Crippen LogP contribution >= 0.6 is 11.6 Å². The largest absolute Gasteiger partial charge is 0.379 e. The van der Waals surface area contributed by atoms with Gasteiger partial charge < -0.3 is 10.1 Å². The smallest absolute Gasteiger partial charge is 0.224 e. The Morgan fingerprint density at radius 1 is 1.19 bits per heavy atom. The highest BCUT2D eigenvalue weighted by atomic mass is 35.5. The first-order valence-electron chi connectivity index (χ1n) is 8.73. The zero-order chi connectivity index (χ0) is 18.4. The third-order valence-electron chi connectivity index (χ3n) is 4.36. The van der Waals surface area contributed by atoms with Crippen LogP contribution in [0.3, 0.4) is 0 Å². The number of nitrogens with one attached hydrogen (secondary N) is 1. The van der Waals surface area contributed by atoms with E-state index in [9.17, 15) is 9.18 Å². The van der Waals surface area contributed by atoms with E-state index in [0.29, 0.717) is 17.1 Å². The molecule has 0 unspecified atom stereocenters. The number of carbonyl (C=O) groups is 1. The predicted octanol–water partition coefficient (Wildman–Crippen LogP) is 3.88. The van der Waals surface area contributed by atoms with E-state index in [4.69, 9.17) is 16.3 Å². The average Bonchev–Trinajstić information content (AvgIpc) is 2.63. The zero-order valence-corrected chi connectivity index (χ0v) is 15.3. The molecule has 1 N–H and O–H groups in total. The Morgan fingerprint density at radius 3 is 2.73 bits per heavy atom. The average molecular weight is 377 g/mol. The molecule has 138 valence electrons. The maximum atomic E-state index is 13.2. The molecule has 1 amide bonds. The summed E-state index contributed by atoms with van der Waals surface area (Å²) in [5.74, 6) is -0.406. The zero-order valence-electron chi connectivity index (χ0n) is 14.5. The molecule has 2 aromatic rings. The van der Waals surface area contributed by atoms with Crippen molar-refractivity contribution in [3.8, 4) is 0 Å². The number of rotatable bonds is 6. The number of carbonyl (C=O) groups excluding carboxylic acids is 1. The number of hydrogen-bond acceptors (Lipinski definition) is 3. The maximum absolute atomic E-state index is 13.2. The standard InChI is InChI=1S/C20H22ClFN2O2/c21-19-13-18(6-5-16(19)14-24-8-10-26-11-9-24)23-20(25)7-4-15-2-1-3-17(22)12-15/h1-3,5-6,12-13H,4,7-11,14H2,(H,23,25). The second kappa shape index (κ2) is 9.12. The minimum atomic E-state index is -0.287. The summed E-state index contributed by atoms with van der Waals surface area (Å²) in [5, 5.41) is 3.49. The molecular formula is C20H22ClFN2O2. The highest BCUT2D eigenvalue weighted by Crippen LogP contribution is 2.23. The molecule has 3 rings (SSSR count). The highest BCUT2D eigenvalue weighted by molar-refractivity contribution is 6.31. The Labute approximate surface area is 157 Å². The van der Waals surface area contributed by atoms with Gasteiger partial charge in [-0.25, -0.2) is 4.39 Å². The van der Waals surface area contributed by atoms with Gasteiger partial charge in [-0.1, -0.05) is 29.8 Å². The van der Waals surface area contributed by atoms with Gasteiger partial charge in [-0.3, -0.25) is 9.69 Å². The first kappa shape index (κ1) is 18.8. The topological polar surface area (TPSA) is 41.6 Å². The Kier molecular flexibility index (Phi) is 6.61. The number of nitrogens with zero attached hydrogens (tertiary/aromatic N) is 1. The Hall–Kier alpha value is -1.95. The fourth-order valence-corrected chi connectivity index (χ4v) is 3.17. The minimum Gasteiger partial charge on any atom is -0.379 e. The number of halogens is 2. The molecule has 0 aromatic heterocycles. The molecule has 1 saturated heterocycles. The van der Waals surface area contributed by atoms with Crippen molar-refractivity contribution in [3.63, 3.8) is 0 Å². The highest BCUT2D eigenvalue weighted by Gasteiger charge is 2.13. The van der Waals surface area contributed by atoms with Gasteiger partial charge >= 0.3 is 0 Å². The SMILES string of the molecule is O=C(CCc1cccc(F)c1)Nc1ccc(CN2CCOCC2)c(Cl)c1. The van der Waals surface area contributed by atoms with Gasteiger partial charge in [0.1, 0.15) is 5.82 Å². The van der Waals surface area contributed by atoms with Gasteiger partial charge in [0.15, 0.2) is 0 Å². The van der Waals surface area contributed by atoms with Crippen molar-refractivity contribution in [1.29, 1.82) is 0 Å². The van der Waals surface area contributed by atoms with Crippen molar-refractivity contribution in [2.75, 3.05) is 31.6 Å². The summed E-state index contributed by atoms with van der Waals surface area (Å²) in [6, 6.07) is 11.9. The molecule has 26 heavy (non-hydrogen) atoms. The number of aryl methyl sites for hydroxylation is 1. The quantitative estimate of drug-likeness (QED) is 0.831. The third-order valence-corrected chi connectivity index (χ3v) is 4.72. The molecule has 0 saturated carbocycles. The molecule has 0 radical (unpaired) electrons. The maximum Gasteiger partial charge on any atom is 0.224 e. The van der Waals surface area contributed by atoms with Crippen LogP contribution in [0.5, 0.6) is 0 Å². The van der Waals surface area contributed by atoms with Gasteiger partial charge in [-0.05, 0) is 41.8 Å². The van der Waals surface area contributed by atoms with E-state index < -0.39 is 0 Å². The summed E-state index contributed by atoms with van der Waals surface area (Å²) in [6.45, 7) is 4.06. The number of ether oxygens (including phenoxy) is 1. The van der Waals surface area contributed by atoms with Gasteiger partial charge in [0.2, 0.25) is 5.91 Å². The molecule has 1 aliphatic rings. The molecule has 0 bridgehead atoms. The number of morpholine rings is 1. The number of benzene rings is 2.